The third kappa shape index (κ3) is 4.62. The molecule has 7 heteroatoms. The summed E-state index contributed by atoms with van der Waals surface area (Å²) in [6.07, 6.45) is 3.01. The maximum absolute atomic E-state index is 12.8. The molecule has 2 saturated heterocycles. The van der Waals surface area contributed by atoms with Crippen molar-refractivity contribution in [2.45, 2.75) is 25.7 Å². The molecule has 0 saturated carbocycles. The molecule has 0 aromatic heterocycles. The second-order valence-electron chi connectivity index (χ2n) is 7.77. The number of nitrogens with one attached hydrogen (secondary N) is 2. The van der Waals surface area contributed by atoms with Gasteiger partial charge >= 0.3 is 6.03 Å². The maximum atomic E-state index is 12.8. The first-order valence-electron chi connectivity index (χ1n) is 10.4. The minimum absolute atomic E-state index is 0.0859. The Labute approximate surface area is 176 Å². The lowest BCUT2D eigenvalue weighted by atomic mass is 9.97. The normalized spacial score (nSPS) is 18.9. The summed E-state index contributed by atoms with van der Waals surface area (Å²) in [5.41, 5.74) is 2.30. The summed E-state index contributed by atoms with van der Waals surface area (Å²) in [6.45, 7) is 1.78. The highest BCUT2D eigenvalue weighted by atomic mass is 16.2. The van der Waals surface area contributed by atoms with E-state index in [0.29, 0.717) is 25.2 Å². The predicted octanol–water partition coefficient (Wildman–Crippen LogP) is 3.70. The molecule has 1 atom stereocenters. The van der Waals surface area contributed by atoms with Crippen molar-refractivity contribution in [3.8, 4) is 0 Å². The zero-order valence-electron chi connectivity index (χ0n) is 16.8. The standard InChI is InChI=1S/C23H26N4O3/c28-21-9-5-15-27(21)20-12-10-19(11-13-20)24-22(29)17-6-4-14-26(16-17)23(30)25-18-7-2-1-3-8-18/h1-3,7-8,10-13,17H,4-6,9,14-16H2,(H,24,29)(H,25,30). The Hall–Kier alpha value is -3.35. The van der Waals surface area contributed by atoms with E-state index in [1.165, 1.54) is 0 Å². The SMILES string of the molecule is O=C(Nc1ccc(N2CCCC2=O)cc1)C1CCCN(C(=O)Nc2ccccc2)C1. The molecule has 4 amide bonds. The van der Waals surface area contributed by atoms with Crippen LogP contribution in [-0.4, -0.2) is 42.4 Å². The van der Waals surface area contributed by atoms with E-state index >= 15 is 0 Å². The van der Waals surface area contributed by atoms with Crippen LogP contribution >= 0.6 is 0 Å². The molecule has 2 N–H and O–H groups in total. The lowest BCUT2D eigenvalue weighted by Gasteiger charge is -2.32. The van der Waals surface area contributed by atoms with Crippen LogP contribution in [0, 0.1) is 5.92 Å². The second-order valence-corrected chi connectivity index (χ2v) is 7.77. The number of hydrogen-bond donors (Lipinski definition) is 2. The van der Waals surface area contributed by atoms with E-state index in [9.17, 15) is 14.4 Å². The maximum Gasteiger partial charge on any atom is 0.321 e. The largest absolute Gasteiger partial charge is 0.326 e. The van der Waals surface area contributed by atoms with Crippen LogP contribution in [0.2, 0.25) is 0 Å². The van der Waals surface area contributed by atoms with E-state index in [-0.39, 0.29) is 23.8 Å². The number of hydrogen-bond acceptors (Lipinski definition) is 3. The van der Waals surface area contributed by atoms with Gasteiger partial charge in [0.1, 0.15) is 0 Å². The number of likely N-dealkylation sites (tertiary alicyclic amines) is 1. The van der Waals surface area contributed by atoms with Gasteiger partial charge in [-0.15, -0.1) is 0 Å². The summed E-state index contributed by atoms with van der Waals surface area (Å²) in [5, 5.41) is 5.83. The van der Waals surface area contributed by atoms with Crippen LogP contribution in [0.5, 0.6) is 0 Å². The molecule has 2 fully saturated rings. The van der Waals surface area contributed by atoms with Gasteiger partial charge < -0.3 is 20.4 Å². The number of piperidine rings is 1. The van der Waals surface area contributed by atoms with E-state index in [2.05, 4.69) is 10.6 Å². The molecule has 0 spiro atoms. The molecule has 2 aliphatic rings. The lowest BCUT2D eigenvalue weighted by molar-refractivity contribution is -0.121. The number of carbonyl (C=O) groups is 3. The van der Waals surface area contributed by atoms with E-state index in [0.717, 1.165) is 37.2 Å². The van der Waals surface area contributed by atoms with Gasteiger partial charge in [0.15, 0.2) is 0 Å². The zero-order valence-corrected chi connectivity index (χ0v) is 16.8. The van der Waals surface area contributed by atoms with Crippen molar-refractivity contribution < 1.29 is 14.4 Å². The monoisotopic (exact) mass is 406 g/mol. The molecule has 2 aromatic carbocycles. The van der Waals surface area contributed by atoms with E-state index in [1.54, 1.807) is 9.80 Å². The van der Waals surface area contributed by atoms with E-state index in [4.69, 9.17) is 0 Å². The highest BCUT2D eigenvalue weighted by Gasteiger charge is 2.28. The van der Waals surface area contributed by atoms with Crippen molar-refractivity contribution in [2.75, 3.05) is 35.2 Å². The van der Waals surface area contributed by atoms with Gasteiger partial charge in [-0.25, -0.2) is 4.79 Å². The molecule has 1 unspecified atom stereocenters. The van der Waals surface area contributed by atoms with Crippen molar-refractivity contribution >= 4 is 34.9 Å². The topological polar surface area (TPSA) is 81.8 Å². The van der Waals surface area contributed by atoms with Gasteiger partial charge in [0, 0.05) is 43.1 Å². The number of nitrogens with zero attached hydrogens (tertiary/aromatic N) is 2. The Morgan fingerprint density at radius 2 is 1.60 bits per heavy atom. The van der Waals surface area contributed by atoms with Crippen molar-refractivity contribution in [1.29, 1.82) is 0 Å². The Kier molecular flexibility index (Phi) is 5.97. The van der Waals surface area contributed by atoms with Crippen molar-refractivity contribution in [1.82, 2.24) is 4.90 Å². The van der Waals surface area contributed by atoms with Crippen LogP contribution in [-0.2, 0) is 9.59 Å². The second kappa shape index (κ2) is 8.98. The number of anilines is 3. The van der Waals surface area contributed by atoms with Crippen molar-refractivity contribution in [2.24, 2.45) is 5.92 Å². The molecule has 2 aromatic rings. The lowest BCUT2D eigenvalue weighted by Crippen LogP contribution is -2.45. The molecule has 7 nitrogen and oxygen atoms in total. The van der Waals surface area contributed by atoms with Gasteiger partial charge in [0.25, 0.3) is 0 Å². The molecule has 4 rings (SSSR count). The summed E-state index contributed by atoms with van der Waals surface area (Å²) in [5.74, 6) is -0.194. The van der Waals surface area contributed by atoms with Crippen molar-refractivity contribution in [3.05, 3.63) is 54.6 Å². The summed E-state index contributed by atoms with van der Waals surface area (Å²) >= 11 is 0. The Morgan fingerprint density at radius 3 is 2.30 bits per heavy atom. The van der Waals surface area contributed by atoms with Gasteiger partial charge in [-0.05, 0) is 55.7 Å². The highest BCUT2D eigenvalue weighted by molar-refractivity contribution is 5.97. The van der Waals surface area contributed by atoms with Gasteiger partial charge in [-0.2, -0.15) is 0 Å². The van der Waals surface area contributed by atoms with Crippen molar-refractivity contribution in [3.63, 3.8) is 0 Å². The quantitative estimate of drug-likeness (QED) is 0.812. The fourth-order valence-corrected chi connectivity index (χ4v) is 3.99. The number of amides is 4. The predicted molar refractivity (Wildman–Crippen MR) is 116 cm³/mol. The first kappa shape index (κ1) is 19.9. The molecule has 30 heavy (non-hydrogen) atoms. The van der Waals surface area contributed by atoms with Crippen LogP contribution in [0.4, 0.5) is 21.9 Å². The fourth-order valence-electron chi connectivity index (χ4n) is 3.99. The molecule has 2 heterocycles. The Balaban J connectivity index is 1.33. The third-order valence-electron chi connectivity index (χ3n) is 5.62. The smallest absolute Gasteiger partial charge is 0.321 e. The summed E-state index contributed by atoms with van der Waals surface area (Å²) in [7, 11) is 0. The minimum Gasteiger partial charge on any atom is -0.326 e. The van der Waals surface area contributed by atoms with Crippen LogP contribution in [0.3, 0.4) is 0 Å². The minimum atomic E-state index is -0.250. The van der Waals surface area contributed by atoms with Gasteiger partial charge in [-0.3, -0.25) is 9.59 Å². The molecular formula is C23H26N4O3. The summed E-state index contributed by atoms with van der Waals surface area (Å²) in [4.78, 5) is 40.6. The summed E-state index contributed by atoms with van der Waals surface area (Å²) < 4.78 is 0. The van der Waals surface area contributed by atoms with E-state index < -0.39 is 0 Å². The van der Waals surface area contributed by atoms with Gasteiger partial charge in [-0.1, -0.05) is 18.2 Å². The number of para-hydroxylation sites is 1. The number of benzene rings is 2. The Morgan fingerprint density at radius 1 is 0.867 bits per heavy atom. The summed E-state index contributed by atoms with van der Waals surface area (Å²) in [6, 6.07) is 16.5. The van der Waals surface area contributed by atoms with Crippen LogP contribution < -0.4 is 15.5 Å². The third-order valence-corrected chi connectivity index (χ3v) is 5.62. The highest BCUT2D eigenvalue weighted by Crippen LogP contribution is 2.24. The van der Waals surface area contributed by atoms with Crippen LogP contribution in [0.25, 0.3) is 0 Å². The number of rotatable bonds is 4. The fraction of sp³-hybridized carbons (Fsp3) is 0.348. The van der Waals surface area contributed by atoms with Gasteiger partial charge in [0.2, 0.25) is 11.8 Å². The molecule has 0 bridgehead atoms. The van der Waals surface area contributed by atoms with E-state index in [1.807, 2.05) is 54.6 Å². The first-order valence-corrected chi connectivity index (χ1v) is 10.4. The number of urea groups is 1. The molecule has 0 aliphatic carbocycles. The number of carbonyl (C=O) groups excluding carboxylic acids is 3. The van der Waals surface area contributed by atoms with Crippen LogP contribution in [0.15, 0.2) is 54.6 Å². The molecular weight excluding hydrogens is 380 g/mol. The average Bonchev–Trinajstić information content (AvgIpc) is 3.21. The average molecular weight is 406 g/mol. The Bertz CT molecular complexity index is 914. The van der Waals surface area contributed by atoms with Crippen LogP contribution in [0.1, 0.15) is 25.7 Å². The molecule has 2 aliphatic heterocycles. The molecule has 156 valence electrons. The first-order chi connectivity index (χ1) is 14.6. The van der Waals surface area contributed by atoms with Gasteiger partial charge in [0.05, 0.1) is 5.92 Å². The molecule has 0 radical (unpaired) electrons. The zero-order chi connectivity index (χ0) is 20.9.